The van der Waals surface area contributed by atoms with Gasteiger partial charge in [-0.25, -0.2) is 9.97 Å². The minimum atomic E-state index is -1.23. The number of fused-ring (bicyclic) bond motifs is 1. The Bertz CT molecular complexity index is 2640. The Morgan fingerprint density at radius 1 is 0.700 bits per heavy atom. The number of nitrogen functional groups attached to an aromatic ring is 1. The lowest BCUT2D eigenvalue weighted by Gasteiger charge is -2.38. The third-order valence-corrected chi connectivity index (χ3v) is 12.0. The maximum atomic E-state index is 14.2. The number of amides is 3. The highest BCUT2D eigenvalue weighted by atomic mass is 16.6. The summed E-state index contributed by atoms with van der Waals surface area (Å²) in [5.41, 5.74) is 4.10. The molecule has 25 heteroatoms. The molecule has 0 aliphatic carbocycles. The number of H-pyrrole nitrogens is 1. The van der Waals surface area contributed by atoms with Crippen LogP contribution in [0.1, 0.15) is 125 Å². The zero-order chi connectivity index (χ0) is 59.6. The van der Waals surface area contributed by atoms with Crippen LogP contribution in [0.15, 0.2) is 35.3 Å². The lowest BCUT2D eigenvalue weighted by Crippen LogP contribution is -2.53. The van der Waals surface area contributed by atoms with Gasteiger partial charge in [-0.3, -0.25) is 58.0 Å². The Morgan fingerprint density at radius 3 is 1.79 bits per heavy atom. The number of carbonyl (C=O) groups is 7. The minimum Gasteiger partial charge on any atom is -0.481 e. The molecule has 0 bridgehead atoms. The van der Waals surface area contributed by atoms with Crippen LogP contribution >= 0.6 is 0 Å². The van der Waals surface area contributed by atoms with Crippen molar-refractivity contribution >= 4 is 64.4 Å². The van der Waals surface area contributed by atoms with Crippen molar-refractivity contribution in [2.75, 3.05) is 96.1 Å². The Labute approximate surface area is 469 Å². The number of anilines is 2. The average Bonchev–Trinajstić information content (AvgIpc) is 3.31. The van der Waals surface area contributed by atoms with Crippen molar-refractivity contribution in [1.82, 2.24) is 55.5 Å². The largest absolute Gasteiger partial charge is 0.481 e. The van der Waals surface area contributed by atoms with Gasteiger partial charge in [0.15, 0.2) is 11.2 Å². The molecule has 3 amide bonds. The van der Waals surface area contributed by atoms with Crippen LogP contribution in [0.3, 0.4) is 0 Å². The highest BCUT2D eigenvalue weighted by Gasteiger charge is 2.33. The van der Waals surface area contributed by atoms with E-state index in [0.717, 1.165) is 0 Å². The van der Waals surface area contributed by atoms with Crippen LogP contribution in [0.4, 0.5) is 11.6 Å². The van der Waals surface area contributed by atoms with Crippen molar-refractivity contribution < 1.29 is 52.9 Å². The number of nitrogens with one attached hydrogen (secondary N) is 5. The molecule has 2 aromatic heterocycles. The number of hydrogen-bond donors (Lipinski definition) is 7. The summed E-state index contributed by atoms with van der Waals surface area (Å²) in [7, 11) is 0. The molecule has 444 valence electrons. The predicted molar refractivity (Wildman–Crippen MR) is 301 cm³/mol. The first kappa shape index (κ1) is 65.7. The molecule has 3 heterocycles. The molecular weight excluding hydrogens is 1030 g/mol. The SMILES string of the molecule is CC(C)(C)CN1CCN(CC(=O)OC(C)(C)C)CCN(CC(=O)OC(C)(C)C)CCN(C(CCC(=O)NCCNC(=O)[C@H](CCC(=O)O)NC(=O)c2ccc(NCc3cnc4nc(N)[nH]c(=O)c4n3)cc2)C(=O)OC(C)(C)C)CC1. The normalized spacial score (nSPS) is 15.8. The maximum absolute atomic E-state index is 14.2. The number of ether oxygens (including phenoxy) is 3. The average molecular weight is 1120 g/mol. The van der Waals surface area contributed by atoms with E-state index >= 15 is 0 Å². The van der Waals surface area contributed by atoms with Gasteiger partial charge in [-0.05, 0) is 105 Å². The number of rotatable bonds is 22. The zero-order valence-electron chi connectivity index (χ0n) is 48.9. The van der Waals surface area contributed by atoms with E-state index in [1.807, 2.05) is 35.5 Å². The van der Waals surface area contributed by atoms with E-state index in [4.69, 9.17) is 19.9 Å². The van der Waals surface area contributed by atoms with Gasteiger partial charge in [0.2, 0.25) is 17.8 Å². The van der Waals surface area contributed by atoms with Gasteiger partial charge in [0.25, 0.3) is 11.5 Å². The van der Waals surface area contributed by atoms with Crippen LogP contribution in [0.5, 0.6) is 0 Å². The summed E-state index contributed by atoms with van der Waals surface area (Å²) in [6.45, 7) is 27.1. The number of benzene rings is 1. The van der Waals surface area contributed by atoms with Gasteiger partial charge >= 0.3 is 23.9 Å². The van der Waals surface area contributed by atoms with E-state index in [-0.39, 0.29) is 86.0 Å². The fourth-order valence-corrected chi connectivity index (χ4v) is 8.57. The Kier molecular flexibility index (Phi) is 24.3. The molecule has 80 heavy (non-hydrogen) atoms. The molecule has 1 unspecified atom stereocenters. The van der Waals surface area contributed by atoms with Crippen molar-refractivity contribution in [3.8, 4) is 0 Å². The van der Waals surface area contributed by atoms with E-state index < -0.39 is 76.5 Å². The van der Waals surface area contributed by atoms with Gasteiger partial charge < -0.3 is 51.2 Å². The highest BCUT2D eigenvalue weighted by molar-refractivity contribution is 5.98. The molecule has 25 nitrogen and oxygen atoms in total. The zero-order valence-corrected chi connectivity index (χ0v) is 48.9. The van der Waals surface area contributed by atoms with Crippen LogP contribution in [0, 0.1) is 5.41 Å². The number of esters is 3. The molecule has 0 saturated carbocycles. The first-order valence-corrected chi connectivity index (χ1v) is 27.2. The van der Waals surface area contributed by atoms with Gasteiger partial charge in [-0.15, -0.1) is 0 Å². The first-order valence-electron chi connectivity index (χ1n) is 27.2. The number of aromatic amines is 1. The topological polar surface area (TPSA) is 326 Å². The molecule has 0 spiro atoms. The fraction of sp³-hybridized carbons (Fsp3) is 0.655. The molecule has 1 saturated heterocycles. The quantitative estimate of drug-likeness (QED) is 0.0432. The third kappa shape index (κ3) is 25.1. The van der Waals surface area contributed by atoms with E-state index in [2.05, 4.69) is 66.9 Å². The van der Waals surface area contributed by atoms with Crippen LogP contribution < -0.4 is 32.6 Å². The first-order chi connectivity index (χ1) is 37.2. The van der Waals surface area contributed by atoms with Gasteiger partial charge in [0, 0.05) is 96.1 Å². The molecule has 3 aromatic rings. The van der Waals surface area contributed by atoms with Crippen LogP contribution in [-0.2, 0) is 49.5 Å². The smallest absolute Gasteiger partial charge is 0.323 e. The fourth-order valence-electron chi connectivity index (χ4n) is 8.57. The van der Waals surface area contributed by atoms with Gasteiger partial charge in [0.1, 0.15) is 28.9 Å². The molecule has 8 N–H and O–H groups in total. The minimum absolute atomic E-state index is 0.0153. The van der Waals surface area contributed by atoms with Crippen molar-refractivity contribution in [2.45, 2.75) is 144 Å². The highest BCUT2D eigenvalue weighted by Crippen LogP contribution is 2.20. The number of aliphatic carboxylic acids is 1. The monoisotopic (exact) mass is 1120 g/mol. The van der Waals surface area contributed by atoms with Crippen molar-refractivity contribution in [3.05, 3.63) is 52.1 Å². The van der Waals surface area contributed by atoms with E-state index in [1.54, 1.807) is 53.7 Å². The van der Waals surface area contributed by atoms with E-state index in [1.165, 1.54) is 18.3 Å². The number of nitrogens with zero attached hydrogens (tertiary/aromatic N) is 7. The lowest BCUT2D eigenvalue weighted by molar-refractivity contribution is -0.163. The maximum Gasteiger partial charge on any atom is 0.323 e. The van der Waals surface area contributed by atoms with Crippen LogP contribution in [0.2, 0.25) is 0 Å². The Hall–Kier alpha value is -6.83. The lowest BCUT2D eigenvalue weighted by atomic mass is 9.96. The number of hydrogen-bond acceptors (Lipinski definition) is 20. The Balaban J connectivity index is 1.42. The summed E-state index contributed by atoms with van der Waals surface area (Å²) in [6, 6.07) is 4.19. The summed E-state index contributed by atoms with van der Waals surface area (Å²) in [5.74, 6) is -4.19. The van der Waals surface area contributed by atoms with Crippen LogP contribution in [-0.4, -0.2) is 200 Å². The summed E-state index contributed by atoms with van der Waals surface area (Å²) >= 11 is 0. The molecule has 1 aromatic carbocycles. The number of aromatic nitrogens is 4. The van der Waals surface area contributed by atoms with Gasteiger partial charge in [0.05, 0.1) is 31.5 Å². The molecule has 1 aliphatic heterocycles. The second-order valence-electron chi connectivity index (χ2n) is 24.2. The number of nitrogens with two attached hydrogens (primary N) is 1. The number of carbonyl (C=O) groups excluding carboxylic acids is 6. The number of carboxylic acid groups (broad SMARTS) is 1. The molecule has 2 atom stereocenters. The summed E-state index contributed by atoms with van der Waals surface area (Å²) in [5, 5.41) is 20.7. The molecular formula is C55H87N13O12. The number of carboxylic acids is 1. The molecule has 1 fully saturated rings. The third-order valence-electron chi connectivity index (χ3n) is 12.0. The van der Waals surface area contributed by atoms with Crippen molar-refractivity contribution in [3.63, 3.8) is 0 Å². The predicted octanol–water partition coefficient (Wildman–Crippen LogP) is 2.54. The molecule has 0 radical (unpaired) electrons. The van der Waals surface area contributed by atoms with Crippen molar-refractivity contribution in [2.24, 2.45) is 5.41 Å². The summed E-state index contributed by atoms with van der Waals surface area (Å²) < 4.78 is 17.4. The van der Waals surface area contributed by atoms with E-state index in [0.29, 0.717) is 70.3 Å². The molecule has 1 aliphatic rings. The molecule has 4 rings (SSSR count). The van der Waals surface area contributed by atoms with E-state index in [9.17, 15) is 43.5 Å². The van der Waals surface area contributed by atoms with Crippen molar-refractivity contribution in [1.29, 1.82) is 0 Å². The van der Waals surface area contributed by atoms with Crippen LogP contribution in [0.25, 0.3) is 11.2 Å². The standard InChI is InChI=1S/C55H87N13O12/c1-52(2,3)35-67-26-25-65(33-43(72)78-53(4,5)6)23-24-66(34-44(73)79-54(7,8)9)27-29-68(30-28-67)40(50(77)80-55(10,11)12)18-19-41(69)57-21-22-58-48(75)39(17-20-42(70)71)62-47(74)36-13-15-37(16-14-36)59-31-38-32-60-46-45(61-38)49(76)64-51(56)63-46/h13-16,32,39-40,59H,17-31,33-35H2,1-12H3,(H,57,69)(H,58,75)(H,62,74)(H,70,71)(H3,56,60,63,64,76)/t39-,40?/m0/s1. The van der Waals surface area contributed by atoms with Gasteiger partial charge in [-0.2, -0.15) is 4.98 Å². The summed E-state index contributed by atoms with van der Waals surface area (Å²) in [6.07, 6.45) is 0.826. The van der Waals surface area contributed by atoms with Gasteiger partial charge in [-0.1, -0.05) is 20.8 Å². The second-order valence-corrected chi connectivity index (χ2v) is 24.2. The Morgan fingerprint density at radius 2 is 1.24 bits per heavy atom. The summed E-state index contributed by atoms with van der Waals surface area (Å²) in [4.78, 5) is 128. The second kappa shape index (κ2) is 29.6.